The van der Waals surface area contributed by atoms with Gasteiger partial charge in [0.2, 0.25) is 5.88 Å². The first kappa shape index (κ1) is 24.2. The van der Waals surface area contributed by atoms with Crippen LogP contribution in [-0.4, -0.2) is 60.3 Å². The molecule has 2 aliphatic heterocycles. The Labute approximate surface area is 210 Å². The third-order valence-electron chi connectivity index (χ3n) is 6.67. The molecule has 2 aliphatic rings. The molecule has 3 N–H and O–H groups in total. The predicted molar refractivity (Wildman–Crippen MR) is 135 cm³/mol. The molecule has 2 aromatic heterocycles. The van der Waals surface area contributed by atoms with E-state index in [9.17, 15) is 4.79 Å². The number of nitrogens with zero attached hydrogens (tertiary/aromatic N) is 3. The van der Waals surface area contributed by atoms with Gasteiger partial charge in [0.15, 0.2) is 18.2 Å². The quantitative estimate of drug-likeness (QED) is 0.367. The summed E-state index contributed by atoms with van der Waals surface area (Å²) in [6.07, 6.45) is 5.81. The Morgan fingerprint density at radius 3 is 2.92 bits per heavy atom. The van der Waals surface area contributed by atoms with Gasteiger partial charge in [0.1, 0.15) is 5.75 Å². The number of rotatable bonds is 10. The Hall–Kier alpha value is -3.50. The molecule has 3 aromatic rings. The molecule has 5 rings (SSSR count). The van der Waals surface area contributed by atoms with Crippen LogP contribution < -0.4 is 30.2 Å². The third kappa shape index (κ3) is 6.00. The molecule has 1 aromatic carbocycles. The average Bonchev–Trinajstić information content (AvgIpc) is 2.92. The zero-order chi connectivity index (χ0) is 24.7. The minimum Gasteiger partial charge on any atom is -0.497 e. The van der Waals surface area contributed by atoms with E-state index in [4.69, 9.17) is 14.2 Å². The van der Waals surface area contributed by atoms with Crippen LogP contribution in [0.5, 0.6) is 17.4 Å². The fourth-order valence-corrected chi connectivity index (χ4v) is 4.74. The number of hydrogen-bond donors (Lipinski definition) is 3. The summed E-state index contributed by atoms with van der Waals surface area (Å²) < 4.78 is 16.6. The molecule has 4 heterocycles. The van der Waals surface area contributed by atoms with Crippen molar-refractivity contribution in [1.29, 1.82) is 0 Å². The molecule has 0 saturated carbocycles. The van der Waals surface area contributed by atoms with E-state index in [1.807, 2.05) is 30.3 Å². The standard InChI is InChI=1S/C26H32N6O4/c1-34-19-5-6-21-22(13-19)31-25(15-29-21)35-12-2-3-20(17-8-10-27-11-9-17)28-14-18-4-7-23-26(30-18)32-24(33)16-36-23/h4-7,13,15,17,20,27-28H,2-3,8-12,14,16H2,1H3,(H,30,32,33). The number of methoxy groups -OCH3 is 1. The fraction of sp³-hybridized carbons (Fsp3) is 0.462. The Balaban J connectivity index is 1.17. The molecule has 1 unspecified atom stereocenters. The van der Waals surface area contributed by atoms with Gasteiger partial charge in [-0.05, 0) is 69.0 Å². The van der Waals surface area contributed by atoms with Crippen LogP contribution in [0, 0.1) is 5.92 Å². The molecule has 1 amide bonds. The van der Waals surface area contributed by atoms with E-state index in [2.05, 4.69) is 30.9 Å². The van der Waals surface area contributed by atoms with Crippen molar-refractivity contribution in [1.82, 2.24) is 25.6 Å². The smallest absolute Gasteiger partial charge is 0.263 e. The van der Waals surface area contributed by atoms with E-state index in [1.54, 1.807) is 13.3 Å². The minimum atomic E-state index is -0.178. The topological polar surface area (TPSA) is 120 Å². The zero-order valence-corrected chi connectivity index (χ0v) is 20.5. The van der Waals surface area contributed by atoms with Gasteiger partial charge in [-0.15, -0.1) is 0 Å². The normalized spacial score (nSPS) is 16.6. The number of carbonyl (C=O) groups is 1. The van der Waals surface area contributed by atoms with E-state index in [1.165, 1.54) is 0 Å². The first-order valence-corrected chi connectivity index (χ1v) is 12.5. The van der Waals surface area contributed by atoms with Crippen LogP contribution >= 0.6 is 0 Å². The molecule has 1 fully saturated rings. The molecular weight excluding hydrogens is 460 g/mol. The van der Waals surface area contributed by atoms with Crippen molar-refractivity contribution < 1.29 is 19.0 Å². The van der Waals surface area contributed by atoms with Crippen LogP contribution in [0.15, 0.2) is 36.5 Å². The molecule has 190 valence electrons. The number of aromatic nitrogens is 3. The van der Waals surface area contributed by atoms with Gasteiger partial charge < -0.3 is 30.2 Å². The molecule has 0 spiro atoms. The van der Waals surface area contributed by atoms with E-state index >= 15 is 0 Å². The van der Waals surface area contributed by atoms with Crippen molar-refractivity contribution in [2.45, 2.75) is 38.3 Å². The van der Waals surface area contributed by atoms with E-state index < -0.39 is 0 Å². The van der Waals surface area contributed by atoms with Crippen LogP contribution in [0.4, 0.5) is 5.82 Å². The first-order valence-electron chi connectivity index (χ1n) is 12.5. The number of nitrogens with one attached hydrogen (secondary N) is 3. The summed E-state index contributed by atoms with van der Waals surface area (Å²) in [7, 11) is 1.63. The summed E-state index contributed by atoms with van der Waals surface area (Å²) in [4.78, 5) is 25.2. The minimum absolute atomic E-state index is 0.0329. The molecule has 10 heteroatoms. The summed E-state index contributed by atoms with van der Waals surface area (Å²) in [5.41, 5.74) is 2.43. The van der Waals surface area contributed by atoms with Gasteiger partial charge in [0.25, 0.3) is 5.91 Å². The van der Waals surface area contributed by atoms with Crippen molar-refractivity contribution in [2.75, 3.05) is 38.7 Å². The van der Waals surface area contributed by atoms with E-state index in [0.29, 0.717) is 42.6 Å². The van der Waals surface area contributed by atoms with Gasteiger partial charge in [-0.25, -0.2) is 15.0 Å². The SMILES string of the molecule is COc1ccc2ncc(OCCCC(NCc3ccc4c(n3)NC(=O)CO4)C3CCNCC3)nc2c1. The Morgan fingerprint density at radius 2 is 2.06 bits per heavy atom. The van der Waals surface area contributed by atoms with Crippen molar-refractivity contribution in [3.63, 3.8) is 0 Å². The Morgan fingerprint density at radius 1 is 1.17 bits per heavy atom. The largest absolute Gasteiger partial charge is 0.497 e. The van der Waals surface area contributed by atoms with Crippen LogP contribution in [0.3, 0.4) is 0 Å². The number of ether oxygens (including phenoxy) is 3. The number of hydrogen-bond acceptors (Lipinski definition) is 9. The van der Waals surface area contributed by atoms with Gasteiger partial charge in [-0.1, -0.05) is 0 Å². The highest BCUT2D eigenvalue weighted by molar-refractivity contribution is 5.94. The number of piperidine rings is 1. The van der Waals surface area contributed by atoms with Gasteiger partial charge in [0.05, 0.1) is 36.6 Å². The zero-order valence-electron chi connectivity index (χ0n) is 20.5. The van der Waals surface area contributed by atoms with Crippen LogP contribution in [0.2, 0.25) is 0 Å². The summed E-state index contributed by atoms with van der Waals surface area (Å²) in [6.45, 7) is 3.29. The van der Waals surface area contributed by atoms with E-state index in [-0.39, 0.29) is 12.5 Å². The lowest BCUT2D eigenvalue weighted by Gasteiger charge is -2.31. The number of anilines is 1. The highest BCUT2D eigenvalue weighted by Gasteiger charge is 2.24. The van der Waals surface area contributed by atoms with Crippen molar-refractivity contribution in [3.05, 3.63) is 42.2 Å². The number of amides is 1. The maximum Gasteiger partial charge on any atom is 0.263 e. The number of pyridine rings is 1. The lowest BCUT2D eigenvalue weighted by molar-refractivity contribution is -0.118. The molecule has 1 saturated heterocycles. The second-order valence-corrected chi connectivity index (χ2v) is 9.11. The molecule has 0 aliphatic carbocycles. The number of fused-ring (bicyclic) bond motifs is 2. The molecule has 1 atom stereocenters. The fourth-order valence-electron chi connectivity index (χ4n) is 4.74. The summed E-state index contributed by atoms with van der Waals surface area (Å²) in [5.74, 6) is 2.77. The van der Waals surface area contributed by atoms with Gasteiger partial charge >= 0.3 is 0 Å². The van der Waals surface area contributed by atoms with Gasteiger partial charge in [-0.3, -0.25) is 4.79 Å². The van der Waals surface area contributed by atoms with Crippen LogP contribution in [0.1, 0.15) is 31.4 Å². The Kier molecular flexibility index (Phi) is 7.73. The molecule has 10 nitrogen and oxygen atoms in total. The third-order valence-corrected chi connectivity index (χ3v) is 6.67. The second kappa shape index (κ2) is 11.5. The van der Waals surface area contributed by atoms with Crippen molar-refractivity contribution >= 4 is 22.8 Å². The first-order chi connectivity index (χ1) is 17.7. The lowest BCUT2D eigenvalue weighted by atomic mass is 9.87. The maximum atomic E-state index is 11.6. The monoisotopic (exact) mass is 492 g/mol. The van der Waals surface area contributed by atoms with E-state index in [0.717, 1.165) is 61.2 Å². The molecule has 0 radical (unpaired) electrons. The summed E-state index contributed by atoms with van der Waals surface area (Å²) >= 11 is 0. The Bertz CT molecular complexity index is 1200. The number of benzene rings is 1. The van der Waals surface area contributed by atoms with Crippen molar-refractivity contribution in [2.24, 2.45) is 5.92 Å². The predicted octanol–water partition coefficient (Wildman–Crippen LogP) is 2.68. The van der Waals surface area contributed by atoms with Crippen LogP contribution in [-0.2, 0) is 11.3 Å². The molecule has 36 heavy (non-hydrogen) atoms. The number of carbonyl (C=O) groups excluding carboxylic acids is 1. The molecule has 0 bridgehead atoms. The summed E-state index contributed by atoms with van der Waals surface area (Å²) in [5, 5.41) is 9.95. The lowest BCUT2D eigenvalue weighted by Crippen LogP contribution is -2.42. The second-order valence-electron chi connectivity index (χ2n) is 9.11. The molecular formula is C26H32N6O4. The average molecular weight is 493 g/mol. The highest BCUT2D eigenvalue weighted by Crippen LogP contribution is 2.26. The van der Waals surface area contributed by atoms with Crippen molar-refractivity contribution in [3.8, 4) is 17.4 Å². The maximum absolute atomic E-state index is 11.6. The summed E-state index contributed by atoms with van der Waals surface area (Å²) in [6, 6.07) is 9.77. The van der Waals surface area contributed by atoms with Gasteiger partial charge in [0, 0.05) is 18.7 Å². The van der Waals surface area contributed by atoms with Crippen LogP contribution in [0.25, 0.3) is 11.0 Å². The highest BCUT2D eigenvalue weighted by atomic mass is 16.5. The van der Waals surface area contributed by atoms with Gasteiger partial charge in [-0.2, -0.15) is 0 Å².